The average Bonchev–Trinajstić information content (AvgIpc) is 2.23. The summed E-state index contributed by atoms with van der Waals surface area (Å²) in [6.45, 7) is 7.27. The van der Waals surface area contributed by atoms with Crippen LogP contribution in [0.5, 0.6) is 0 Å². The number of nitrogens with one attached hydrogen (secondary N) is 1. The molecule has 0 aliphatic carbocycles. The Morgan fingerprint density at radius 3 is 2.75 bits per heavy atom. The van der Waals surface area contributed by atoms with Gasteiger partial charge < -0.3 is 5.32 Å². The molecule has 0 aromatic heterocycles. The van der Waals surface area contributed by atoms with Crippen LogP contribution in [0.3, 0.4) is 0 Å². The lowest BCUT2D eigenvalue weighted by atomic mass is 10.1. The third-order valence-corrected chi connectivity index (χ3v) is 3.11. The molecule has 88 valence electrons. The van der Waals surface area contributed by atoms with Crippen molar-refractivity contribution in [1.82, 2.24) is 5.32 Å². The van der Waals surface area contributed by atoms with Crippen LogP contribution in [0, 0.1) is 0 Å². The number of halogens is 2. The van der Waals surface area contributed by atoms with E-state index in [2.05, 4.69) is 32.2 Å². The second-order valence-electron chi connectivity index (χ2n) is 3.83. The number of benzene rings is 1. The van der Waals surface area contributed by atoms with E-state index in [0.717, 1.165) is 17.1 Å². The summed E-state index contributed by atoms with van der Waals surface area (Å²) in [6.07, 6.45) is 2.07. The molecule has 0 fully saturated rings. The molecule has 1 nitrogen and oxygen atoms in total. The van der Waals surface area contributed by atoms with Crippen molar-refractivity contribution < 1.29 is 0 Å². The van der Waals surface area contributed by atoms with Gasteiger partial charge in [-0.1, -0.05) is 41.8 Å². The molecular weight excluding hydrogens is 241 g/mol. The summed E-state index contributed by atoms with van der Waals surface area (Å²) in [5.74, 6) is 0. The van der Waals surface area contributed by atoms with Crippen molar-refractivity contribution in [3.63, 3.8) is 0 Å². The highest BCUT2D eigenvalue weighted by Gasteiger charge is 2.04. The van der Waals surface area contributed by atoms with Gasteiger partial charge in [0.2, 0.25) is 0 Å². The topological polar surface area (TPSA) is 12.0 Å². The Balaban J connectivity index is 2.92. The van der Waals surface area contributed by atoms with Crippen LogP contribution in [-0.4, -0.2) is 12.6 Å². The number of rotatable bonds is 4. The Morgan fingerprint density at radius 1 is 1.44 bits per heavy atom. The first-order chi connectivity index (χ1) is 7.54. The van der Waals surface area contributed by atoms with Crippen LogP contribution in [0.2, 0.25) is 10.0 Å². The Labute approximate surface area is 107 Å². The fourth-order valence-corrected chi connectivity index (χ4v) is 1.82. The molecular formula is C13H17Cl2N. The van der Waals surface area contributed by atoms with Gasteiger partial charge >= 0.3 is 0 Å². The highest BCUT2D eigenvalue weighted by atomic mass is 35.5. The molecule has 0 aliphatic heterocycles. The van der Waals surface area contributed by atoms with Crippen LogP contribution in [0.4, 0.5) is 0 Å². The van der Waals surface area contributed by atoms with Crippen LogP contribution in [-0.2, 0) is 0 Å². The third-order valence-electron chi connectivity index (χ3n) is 2.53. The van der Waals surface area contributed by atoms with Gasteiger partial charge in [-0.3, -0.25) is 0 Å². The van der Waals surface area contributed by atoms with E-state index in [1.165, 1.54) is 5.57 Å². The summed E-state index contributed by atoms with van der Waals surface area (Å²) in [7, 11) is 0. The van der Waals surface area contributed by atoms with Gasteiger partial charge in [-0.15, -0.1) is 0 Å². The maximum atomic E-state index is 6.10. The Bertz CT molecular complexity index is 386. The van der Waals surface area contributed by atoms with E-state index < -0.39 is 0 Å². The van der Waals surface area contributed by atoms with Gasteiger partial charge in [-0.25, -0.2) is 0 Å². The number of hydrogen-bond acceptors (Lipinski definition) is 1. The van der Waals surface area contributed by atoms with Crippen molar-refractivity contribution in [3.05, 3.63) is 39.4 Å². The Morgan fingerprint density at radius 2 is 2.12 bits per heavy atom. The van der Waals surface area contributed by atoms with Crippen LogP contribution >= 0.6 is 23.2 Å². The summed E-state index contributed by atoms with van der Waals surface area (Å²) < 4.78 is 0. The molecule has 0 saturated carbocycles. The van der Waals surface area contributed by atoms with Crippen molar-refractivity contribution in [2.45, 2.75) is 26.8 Å². The van der Waals surface area contributed by atoms with Gasteiger partial charge in [0, 0.05) is 16.1 Å². The van der Waals surface area contributed by atoms with E-state index >= 15 is 0 Å². The van der Waals surface area contributed by atoms with E-state index in [4.69, 9.17) is 23.2 Å². The average molecular weight is 258 g/mol. The van der Waals surface area contributed by atoms with Crippen molar-refractivity contribution in [2.24, 2.45) is 0 Å². The molecule has 1 N–H and O–H groups in total. The summed E-state index contributed by atoms with van der Waals surface area (Å²) in [5, 5.41) is 4.79. The van der Waals surface area contributed by atoms with E-state index in [-0.39, 0.29) is 0 Å². The minimum absolute atomic E-state index is 0.347. The maximum Gasteiger partial charge on any atom is 0.0479 e. The first-order valence-electron chi connectivity index (χ1n) is 5.41. The molecule has 3 heteroatoms. The van der Waals surface area contributed by atoms with Gasteiger partial charge in [0.1, 0.15) is 0 Å². The largest absolute Gasteiger partial charge is 0.311 e. The van der Waals surface area contributed by atoms with Gasteiger partial charge in [-0.05, 0) is 44.2 Å². The molecule has 0 radical (unpaired) electrons. The lowest BCUT2D eigenvalue weighted by molar-refractivity contribution is 0.636. The number of likely N-dealkylation sites (N-methyl/N-ethyl adjacent to an activating group) is 1. The second kappa shape index (κ2) is 6.29. The first kappa shape index (κ1) is 13.6. The lowest BCUT2D eigenvalue weighted by Crippen LogP contribution is -2.26. The first-order valence-corrected chi connectivity index (χ1v) is 6.16. The Kier molecular flexibility index (Phi) is 5.33. The molecule has 1 aromatic carbocycles. The SMILES string of the molecule is CCNC(C)/C(C)=C/c1cc(Cl)ccc1Cl. The lowest BCUT2D eigenvalue weighted by Gasteiger charge is -2.13. The molecule has 0 amide bonds. The van der Waals surface area contributed by atoms with E-state index in [9.17, 15) is 0 Å². The zero-order valence-electron chi connectivity index (χ0n) is 9.85. The molecule has 0 heterocycles. The smallest absolute Gasteiger partial charge is 0.0479 e. The van der Waals surface area contributed by atoms with Crippen molar-refractivity contribution in [2.75, 3.05) is 6.54 Å². The number of hydrogen-bond donors (Lipinski definition) is 1. The molecule has 0 bridgehead atoms. The Hall–Kier alpha value is -0.500. The fourth-order valence-electron chi connectivity index (χ4n) is 1.46. The highest BCUT2D eigenvalue weighted by Crippen LogP contribution is 2.23. The predicted molar refractivity (Wildman–Crippen MR) is 73.3 cm³/mol. The zero-order valence-corrected chi connectivity index (χ0v) is 11.4. The van der Waals surface area contributed by atoms with E-state index in [0.29, 0.717) is 11.1 Å². The standard InChI is InChI=1S/C13H17Cl2N/c1-4-16-10(3)9(2)7-11-8-12(14)5-6-13(11)15/h5-8,10,16H,4H2,1-3H3/b9-7+. The quantitative estimate of drug-likeness (QED) is 0.844. The summed E-state index contributed by atoms with van der Waals surface area (Å²) in [5.41, 5.74) is 2.21. The van der Waals surface area contributed by atoms with Gasteiger partial charge in [0.15, 0.2) is 0 Å². The summed E-state index contributed by atoms with van der Waals surface area (Å²) >= 11 is 12.0. The molecule has 0 saturated heterocycles. The predicted octanol–water partition coefficient (Wildman–Crippen LogP) is 4.39. The van der Waals surface area contributed by atoms with Crippen LogP contribution in [0.15, 0.2) is 23.8 Å². The summed E-state index contributed by atoms with van der Waals surface area (Å²) in [6, 6.07) is 5.84. The summed E-state index contributed by atoms with van der Waals surface area (Å²) in [4.78, 5) is 0. The van der Waals surface area contributed by atoms with Gasteiger partial charge in [0.05, 0.1) is 0 Å². The van der Waals surface area contributed by atoms with Crippen LogP contribution in [0.1, 0.15) is 26.3 Å². The third kappa shape index (κ3) is 3.82. The second-order valence-corrected chi connectivity index (χ2v) is 4.68. The molecule has 0 aliphatic rings. The van der Waals surface area contributed by atoms with E-state index in [1.807, 2.05) is 12.1 Å². The van der Waals surface area contributed by atoms with Crippen molar-refractivity contribution in [3.8, 4) is 0 Å². The van der Waals surface area contributed by atoms with Crippen molar-refractivity contribution >= 4 is 29.3 Å². The molecule has 1 atom stereocenters. The zero-order chi connectivity index (χ0) is 12.1. The van der Waals surface area contributed by atoms with E-state index in [1.54, 1.807) is 6.07 Å². The molecule has 1 unspecified atom stereocenters. The molecule has 1 aromatic rings. The highest BCUT2D eigenvalue weighted by molar-refractivity contribution is 6.34. The van der Waals surface area contributed by atoms with Gasteiger partial charge in [-0.2, -0.15) is 0 Å². The monoisotopic (exact) mass is 257 g/mol. The van der Waals surface area contributed by atoms with Crippen molar-refractivity contribution in [1.29, 1.82) is 0 Å². The molecule has 16 heavy (non-hydrogen) atoms. The maximum absolute atomic E-state index is 6.10. The van der Waals surface area contributed by atoms with Crippen LogP contribution in [0.25, 0.3) is 6.08 Å². The minimum atomic E-state index is 0.347. The van der Waals surface area contributed by atoms with Gasteiger partial charge in [0.25, 0.3) is 0 Å². The molecule has 1 rings (SSSR count). The molecule has 0 spiro atoms. The van der Waals surface area contributed by atoms with Crippen LogP contribution < -0.4 is 5.32 Å². The fraction of sp³-hybridized carbons (Fsp3) is 0.385. The normalized spacial score (nSPS) is 13.9. The minimum Gasteiger partial charge on any atom is -0.311 e.